The van der Waals surface area contributed by atoms with Crippen molar-refractivity contribution in [3.63, 3.8) is 0 Å². The van der Waals surface area contributed by atoms with Crippen molar-refractivity contribution < 1.29 is 28.8 Å². The monoisotopic (exact) mass is 324 g/mol. The Morgan fingerprint density at radius 3 is 2.52 bits per heavy atom. The molecule has 23 heavy (non-hydrogen) atoms. The summed E-state index contributed by atoms with van der Waals surface area (Å²) < 4.78 is 21.4. The van der Waals surface area contributed by atoms with Gasteiger partial charge in [-0.15, -0.1) is 0 Å². The first-order valence-corrected chi connectivity index (χ1v) is 7.76. The number of benzene rings is 1. The number of fused-ring (bicyclic) bond motifs is 1. The molecule has 0 radical (unpaired) electrons. The van der Waals surface area contributed by atoms with Crippen LogP contribution in [-0.4, -0.2) is 44.6 Å². The number of hydrogen-bond donors (Lipinski definition) is 1. The molecule has 1 N–H and O–H groups in total. The van der Waals surface area contributed by atoms with E-state index in [4.69, 9.17) is 18.9 Å². The number of cyclic esters (lactones) is 1. The van der Waals surface area contributed by atoms with Gasteiger partial charge in [-0.3, -0.25) is 0 Å². The second kappa shape index (κ2) is 7.55. The van der Waals surface area contributed by atoms with Gasteiger partial charge in [0.15, 0.2) is 11.5 Å². The van der Waals surface area contributed by atoms with E-state index in [1.54, 1.807) is 6.07 Å². The van der Waals surface area contributed by atoms with Crippen molar-refractivity contribution >= 4 is 5.97 Å². The van der Waals surface area contributed by atoms with Crippen molar-refractivity contribution in [2.45, 2.75) is 44.8 Å². The van der Waals surface area contributed by atoms with Gasteiger partial charge in [0.1, 0.15) is 11.7 Å². The molecule has 1 aromatic carbocycles. The zero-order chi connectivity index (χ0) is 17.0. The lowest BCUT2D eigenvalue weighted by atomic mass is 9.93. The summed E-state index contributed by atoms with van der Waals surface area (Å²) in [4.78, 5) is 12.4. The van der Waals surface area contributed by atoms with Crippen LogP contribution in [0.5, 0.6) is 17.2 Å². The van der Waals surface area contributed by atoms with Gasteiger partial charge in [0.05, 0.1) is 27.4 Å². The third kappa shape index (κ3) is 3.52. The van der Waals surface area contributed by atoms with Gasteiger partial charge >= 0.3 is 5.97 Å². The lowest BCUT2D eigenvalue weighted by Gasteiger charge is -2.28. The van der Waals surface area contributed by atoms with Crippen molar-refractivity contribution in [3.05, 3.63) is 17.2 Å². The zero-order valence-electron chi connectivity index (χ0n) is 14.0. The Balaban J connectivity index is 2.36. The lowest BCUT2D eigenvalue weighted by Crippen LogP contribution is -2.31. The van der Waals surface area contributed by atoms with Crippen LogP contribution in [0.25, 0.3) is 0 Å². The van der Waals surface area contributed by atoms with E-state index in [9.17, 15) is 9.90 Å². The maximum Gasteiger partial charge on any atom is 0.342 e. The number of aliphatic hydroxyl groups excluding tert-OH is 1. The summed E-state index contributed by atoms with van der Waals surface area (Å²) in [6.07, 6.45) is 1.70. The number of ether oxygens (including phenoxy) is 4. The zero-order valence-corrected chi connectivity index (χ0v) is 14.0. The Morgan fingerprint density at radius 2 is 1.96 bits per heavy atom. The second-order valence-electron chi connectivity index (χ2n) is 5.59. The highest BCUT2D eigenvalue weighted by Gasteiger charge is 2.34. The summed E-state index contributed by atoms with van der Waals surface area (Å²) in [5.41, 5.74) is 1.15. The van der Waals surface area contributed by atoms with Crippen LogP contribution >= 0.6 is 0 Å². The van der Waals surface area contributed by atoms with Gasteiger partial charge in [-0.25, -0.2) is 4.79 Å². The molecule has 0 unspecified atom stereocenters. The van der Waals surface area contributed by atoms with Gasteiger partial charge < -0.3 is 24.1 Å². The summed E-state index contributed by atoms with van der Waals surface area (Å²) >= 11 is 0. The topological polar surface area (TPSA) is 74.2 Å². The van der Waals surface area contributed by atoms with Gasteiger partial charge in [-0.05, 0) is 18.1 Å². The molecule has 6 heteroatoms. The van der Waals surface area contributed by atoms with Crippen molar-refractivity contribution in [2.24, 2.45) is 0 Å². The molecular weight excluding hydrogens is 300 g/mol. The predicted octanol–water partition coefficient (Wildman–Crippen LogP) is 2.35. The predicted molar refractivity (Wildman–Crippen MR) is 84.5 cm³/mol. The standard InChI is InChI=1S/C17H24O6/c1-5-6-11(18)9-12-7-10-8-13(20-2)15(21-3)16(22-4)14(10)17(19)23-12/h8,11-12,18H,5-7,9H2,1-4H3/t11-,12-/m0/s1. The quantitative estimate of drug-likeness (QED) is 0.776. The van der Waals surface area contributed by atoms with Crippen LogP contribution in [0.3, 0.4) is 0 Å². The van der Waals surface area contributed by atoms with Gasteiger partial charge in [-0.1, -0.05) is 13.3 Å². The minimum absolute atomic E-state index is 0.319. The fraction of sp³-hybridized carbons (Fsp3) is 0.588. The largest absolute Gasteiger partial charge is 0.493 e. The first-order valence-electron chi connectivity index (χ1n) is 7.76. The van der Waals surface area contributed by atoms with Crippen LogP contribution in [0.4, 0.5) is 0 Å². The molecule has 0 saturated heterocycles. The molecule has 128 valence electrons. The third-order valence-electron chi connectivity index (χ3n) is 3.99. The molecular formula is C17H24O6. The molecule has 1 aromatic rings. The van der Waals surface area contributed by atoms with Crippen molar-refractivity contribution in [1.29, 1.82) is 0 Å². The molecule has 1 aliphatic heterocycles. The van der Waals surface area contributed by atoms with E-state index in [1.807, 2.05) is 6.92 Å². The van der Waals surface area contributed by atoms with Gasteiger partial charge in [0, 0.05) is 12.8 Å². The van der Waals surface area contributed by atoms with Gasteiger partial charge in [-0.2, -0.15) is 0 Å². The molecule has 1 aliphatic rings. The minimum Gasteiger partial charge on any atom is -0.493 e. The number of aliphatic hydroxyl groups is 1. The molecule has 1 heterocycles. The van der Waals surface area contributed by atoms with E-state index in [0.29, 0.717) is 42.1 Å². The van der Waals surface area contributed by atoms with Crippen LogP contribution in [0.2, 0.25) is 0 Å². The highest BCUT2D eigenvalue weighted by molar-refractivity contribution is 5.97. The van der Waals surface area contributed by atoms with Crippen LogP contribution in [-0.2, 0) is 11.2 Å². The summed E-state index contributed by atoms with van der Waals surface area (Å²) in [7, 11) is 4.50. The number of carbonyl (C=O) groups is 1. The Hall–Kier alpha value is -1.95. The molecule has 0 aliphatic carbocycles. The van der Waals surface area contributed by atoms with Gasteiger partial charge in [0.25, 0.3) is 0 Å². The summed E-state index contributed by atoms with van der Waals surface area (Å²) in [6.45, 7) is 2.01. The van der Waals surface area contributed by atoms with E-state index in [2.05, 4.69) is 0 Å². The third-order valence-corrected chi connectivity index (χ3v) is 3.99. The van der Waals surface area contributed by atoms with E-state index in [0.717, 1.165) is 12.0 Å². The summed E-state index contributed by atoms with van der Waals surface area (Å²) in [5, 5.41) is 9.96. The highest BCUT2D eigenvalue weighted by Crippen LogP contribution is 2.44. The minimum atomic E-state index is -0.471. The number of hydrogen-bond acceptors (Lipinski definition) is 6. The first-order chi connectivity index (χ1) is 11.0. The fourth-order valence-corrected chi connectivity index (χ4v) is 2.97. The Kier molecular flexibility index (Phi) is 5.71. The van der Waals surface area contributed by atoms with Crippen molar-refractivity contribution in [3.8, 4) is 17.2 Å². The smallest absolute Gasteiger partial charge is 0.342 e. The number of carbonyl (C=O) groups excluding carboxylic acids is 1. The lowest BCUT2D eigenvalue weighted by molar-refractivity contribution is 0.00868. The molecule has 0 fully saturated rings. The van der Waals surface area contributed by atoms with Crippen molar-refractivity contribution in [2.75, 3.05) is 21.3 Å². The Bertz CT molecular complexity index is 569. The Labute approximate surface area is 136 Å². The molecule has 0 saturated carbocycles. The van der Waals surface area contributed by atoms with Crippen LogP contribution in [0.1, 0.15) is 42.1 Å². The fourth-order valence-electron chi connectivity index (χ4n) is 2.97. The van der Waals surface area contributed by atoms with Crippen LogP contribution in [0.15, 0.2) is 6.07 Å². The Morgan fingerprint density at radius 1 is 1.26 bits per heavy atom. The van der Waals surface area contributed by atoms with E-state index < -0.39 is 12.1 Å². The van der Waals surface area contributed by atoms with E-state index in [-0.39, 0.29) is 6.10 Å². The number of methoxy groups -OCH3 is 3. The summed E-state index contributed by atoms with van der Waals surface area (Å²) in [6, 6.07) is 1.77. The molecule has 0 spiro atoms. The highest BCUT2D eigenvalue weighted by atomic mass is 16.6. The summed E-state index contributed by atoms with van der Waals surface area (Å²) in [5.74, 6) is 0.734. The first kappa shape index (κ1) is 17.4. The maximum absolute atomic E-state index is 12.4. The van der Waals surface area contributed by atoms with E-state index >= 15 is 0 Å². The average molecular weight is 324 g/mol. The van der Waals surface area contributed by atoms with Crippen molar-refractivity contribution in [1.82, 2.24) is 0 Å². The van der Waals surface area contributed by atoms with Crippen LogP contribution in [0, 0.1) is 0 Å². The molecule has 2 rings (SSSR count). The normalized spacial score (nSPS) is 18.0. The molecule has 0 aromatic heterocycles. The maximum atomic E-state index is 12.4. The van der Waals surface area contributed by atoms with Crippen LogP contribution < -0.4 is 14.2 Å². The molecule has 2 atom stereocenters. The second-order valence-corrected chi connectivity index (χ2v) is 5.59. The molecule has 0 amide bonds. The molecule has 6 nitrogen and oxygen atoms in total. The number of rotatable bonds is 7. The molecule has 0 bridgehead atoms. The number of esters is 1. The van der Waals surface area contributed by atoms with Gasteiger partial charge in [0.2, 0.25) is 5.75 Å². The SMILES string of the molecule is CCC[C@H](O)C[C@@H]1Cc2cc(OC)c(OC)c(OC)c2C(=O)O1. The average Bonchev–Trinajstić information content (AvgIpc) is 2.52. The van der Waals surface area contributed by atoms with E-state index in [1.165, 1.54) is 21.3 Å².